The van der Waals surface area contributed by atoms with Crippen LogP contribution in [0.2, 0.25) is 0 Å². The van der Waals surface area contributed by atoms with E-state index >= 15 is 0 Å². The van der Waals surface area contributed by atoms with Crippen LogP contribution < -0.4 is 9.47 Å². The van der Waals surface area contributed by atoms with Crippen molar-refractivity contribution >= 4 is 37.9 Å². The van der Waals surface area contributed by atoms with Gasteiger partial charge in [-0.3, -0.25) is 10.1 Å². The van der Waals surface area contributed by atoms with Crippen molar-refractivity contribution in [3.8, 4) is 11.5 Å². The van der Waals surface area contributed by atoms with Gasteiger partial charge in [0.25, 0.3) is 0 Å². The van der Waals surface area contributed by atoms with E-state index < -0.39 is 4.92 Å². The van der Waals surface area contributed by atoms with Gasteiger partial charge in [-0.1, -0.05) is 0 Å². The molecule has 0 atom stereocenters. The van der Waals surface area contributed by atoms with Crippen LogP contribution in [0.25, 0.3) is 6.08 Å². The van der Waals surface area contributed by atoms with E-state index in [0.717, 1.165) is 0 Å². The van der Waals surface area contributed by atoms with Crippen molar-refractivity contribution in [2.75, 3.05) is 14.2 Å². The molecule has 7 heteroatoms. The molecule has 0 radical (unpaired) electrons. The molecule has 5 nitrogen and oxygen atoms in total. The Morgan fingerprint density at radius 3 is 2.39 bits per heavy atom. The van der Waals surface area contributed by atoms with E-state index in [4.69, 9.17) is 9.47 Å². The topological polar surface area (TPSA) is 61.6 Å². The maximum Gasteiger partial charge on any atom is 0.243 e. The molecule has 0 N–H and O–H groups in total. The van der Waals surface area contributed by atoms with E-state index in [0.29, 0.717) is 26.0 Å². The Morgan fingerprint density at radius 1 is 1.33 bits per heavy atom. The number of ether oxygens (including phenoxy) is 2. The maximum atomic E-state index is 10.6. The molecule has 1 aromatic rings. The molecular weight excluding hydrogens is 370 g/mol. The van der Waals surface area contributed by atoms with Gasteiger partial charge in [0.15, 0.2) is 5.75 Å². The van der Waals surface area contributed by atoms with E-state index in [1.165, 1.54) is 27.2 Å². The average Bonchev–Trinajstić information content (AvgIpc) is 2.33. The molecular formula is C11H11Br2NO4. The van der Waals surface area contributed by atoms with Gasteiger partial charge in [-0.25, -0.2) is 0 Å². The number of hydrogen-bond donors (Lipinski definition) is 0. The highest BCUT2D eigenvalue weighted by atomic mass is 79.9. The molecule has 0 aliphatic carbocycles. The van der Waals surface area contributed by atoms with Crippen molar-refractivity contribution < 1.29 is 14.4 Å². The van der Waals surface area contributed by atoms with Gasteiger partial charge in [0.1, 0.15) is 10.2 Å². The maximum absolute atomic E-state index is 10.6. The Hall–Kier alpha value is -1.08. The summed E-state index contributed by atoms with van der Waals surface area (Å²) in [5, 5.41) is 10.6. The van der Waals surface area contributed by atoms with E-state index in [-0.39, 0.29) is 5.70 Å². The second kappa shape index (κ2) is 6.19. The van der Waals surface area contributed by atoms with Gasteiger partial charge in [0.05, 0.1) is 23.6 Å². The summed E-state index contributed by atoms with van der Waals surface area (Å²) in [6, 6.07) is 1.68. The fourth-order valence-corrected chi connectivity index (χ4v) is 2.81. The zero-order valence-corrected chi connectivity index (χ0v) is 13.2. The molecule has 0 aliphatic heterocycles. The van der Waals surface area contributed by atoms with Crippen LogP contribution in [0, 0.1) is 10.1 Å². The lowest BCUT2D eigenvalue weighted by Crippen LogP contribution is -1.96. The van der Waals surface area contributed by atoms with Crippen molar-refractivity contribution in [1.82, 2.24) is 0 Å². The molecule has 0 bridgehead atoms. The molecule has 98 valence electrons. The minimum Gasteiger partial charge on any atom is -0.495 e. The first-order chi connectivity index (χ1) is 8.42. The van der Waals surface area contributed by atoms with Gasteiger partial charge in [-0.15, -0.1) is 0 Å². The molecule has 1 aromatic carbocycles. The highest BCUT2D eigenvalue weighted by Crippen LogP contribution is 2.43. The quantitative estimate of drug-likeness (QED) is 0.587. The second-order valence-corrected chi connectivity index (χ2v) is 4.96. The minimum atomic E-state index is -0.451. The van der Waals surface area contributed by atoms with Crippen molar-refractivity contribution in [3.05, 3.63) is 36.4 Å². The number of methoxy groups -OCH3 is 2. The summed E-state index contributed by atoms with van der Waals surface area (Å²) in [6.07, 6.45) is 1.45. The standard InChI is InChI=1S/C11H11Br2NO4/c1-6(14(15)16)4-7-5-8(17-2)10(13)11(18-3)9(7)12/h4-5H,1-3H3/b6-4+. The van der Waals surface area contributed by atoms with Crippen molar-refractivity contribution in [3.63, 3.8) is 0 Å². The molecule has 0 aliphatic rings. The average molecular weight is 381 g/mol. The smallest absolute Gasteiger partial charge is 0.243 e. The van der Waals surface area contributed by atoms with Crippen LogP contribution in [0.15, 0.2) is 20.7 Å². The lowest BCUT2D eigenvalue weighted by Gasteiger charge is -2.12. The Kier molecular flexibility index (Phi) is 5.15. The van der Waals surface area contributed by atoms with Crippen LogP contribution in [-0.2, 0) is 0 Å². The van der Waals surface area contributed by atoms with Crippen molar-refractivity contribution in [1.29, 1.82) is 0 Å². The van der Waals surface area contributed by atoms with Gasteiger partial charge in [-0.2, -0.15) is 0 Å². The summed E-state index contributed by atoms with van der Waals surface area (Å²) in [6.45, 7) is 1.42. The molecule has 0 heterocycles. The van der Waals surface area contributed by atoms with E-state index in [9.17, 15) is 10.1 Å². The molecule has 0 saturated heterocycles. The summed E-state index contributed by atoms with van der Waals surface area (Å²) in [5.74, 6) is 1.06. The summed E-state index contributed by atoms with van der Waals surface area (Å²) in [7, 11) is 3.03. The normalized spacial score (nSPS) is 11.3. The highest BCUT2D eigenvalue weighted by molar-refractivity contribution is 9.11. The first-order valence-corrected chi connectivity index (χ1v) is 6.43. The Labute approximate surface area is 121 Å². The fourth-order valence-electron chi connectivity index (χ4n) is 1.32. The third-order valence-electron chi connectivity index (χ3n) is 2.23. The van der Waals surface area contributed by atoms with Crippen molar-refractivity contribution in [2.24, 2.45) is 0 Å². The number of rotatable bonds is 4. The highest BCUT2D eigenvalue weighted by Gasteiger charge is 2.16. The third-order valence-corrected chi connectivity index (χ3v) is 3.80. The number of allylic oxidation sites excluding steroid dienone is 1. The Morgan fingerprint density at radius 2 is 1.94 bits per heavy atom. The second-order valence-electron chi connectivity index (χ2n) is 3.37. The van der Waals surface area contributed by atoms with E-state index in [1.807, 2.05) is 0 Å². The van der Waals surface area contributed by atoms with Gasteiger partial charge in [-0.05, 0) is 37.9 Å². The number of benzene rings is 1. The predicted molar refractivity (Wildman–Crippen MR) is 75.6 cm³/mol. The summed E-state index contributed by atoms with van der Waals surface area (Å²) in [4.78, 5) is 10.2. The number of nitro groups is 1. The third kappa shape index (κ3) is 3.02. The number of halogens is 2. The summed E-state index contributed by atoms with van der Waals surface area (Å²) >= 11 is 6.70. The molecule has 0 spiro atoms. The predicted octanol–water partition coefficient (Wildman–Crippen LogP) is 3.87. The Bertz CT molecular complexity index is 514. The molecule has 0 aromatic heterocycles. The van der Waals surface area contributed by atoms with Crippen molar-refractivity contribution in [2.45, 2.75) is 6.92 Å². The van der Waals surface area contributed by atoms with Crippen LogP contribution in [0.5, 0.6) is 11.5 Å². The van der Waals surface area contributed by atoms with Gasteiger partial charge >= 0.3 is 0 Å². The van der Waals surface area contributed by atoms with Gasteiger partial charge in [0, 0.05) is 18.6 Å². The number of nitrogens with zero attached hydrogens (tertiary/aromatic N) is 1. The lowest BCUT2D eigenvalue weighted by molar-refractivity contribution is -0.422. The monoisotopic (exact) mass is 379 g/mol. The molecule has 0 fully saturated rings. The molecule has 0 amide bonds. The molecule has 1 rings (SSSR count). The fraction of sp³-hybridized carbons (Fsp3) is 0.273. The van der Waals surface area contributed by atoms with Crippen LogP contribution in [0.4, 0.5) is 0 Å². The number of hydrogen-bond acceptors (Lipinski definition) is 4. The largest absolute Gasteiger partial charge is 0.495 e. The van der Waals surface area contributed by atoms with E-state index in [2.05, 4.69) is 31.9 Å². The minimum absolute atomic E-state index is 0.0297. The zero-order chi connectivity index (χ0) is 13.9. The van der Waals surface area contributed by atoms with E-state index in [1.54, 1.807) is 6.07 Å². The molecule has 18 heavy (non-hydrogen) atoms. The zero-order valence-electron chi connectivity index (χ0n) is 9.99. The molecule has 0 unspecified atom stereocenters. The van der Waals surface area contributed by atoms with Gasteiger partial charge < -0.3 is 9.47 Å². The summed E-state index contributed by atoms with van der Waals surface area (Å²) in [5.41, 5.74) is 0.642. The first kappa shape index (κ1) is 15.0. The van der Waals surface area contributed by atoms with Crippen LogP contribution in [-0.4, -0.2) is 19.1 Å². The Balaban J connectivity index is 3.46. The van der Waals surface area contributed by atoms with Crippen LogP contribution in [0.3, 0.4) is 0 Å². The van der Waals surface area contributed by atoms with Crippen LogP contribution >= 0.6 is 31.9 Å². The summed E-state index contributed by atoms with van der Waals surface area (Å²) < 4.78 is 11.7. The SMILES string of the molecule is COc1cc(/C=C(\C)[N+](=O)[O-])c(Br)c(OC)c1Br. The molecule has 0 saturated carbocycles. The van der Waals surface area contributed by atoms with Gasteiger partial charge in [0.2, 0.25) is 5.70 Å². The lowest BCUT2D eigenvalue weighted by atomic mass is 10.1. The van der Waals surface area contributed by atoms with Crippen LogP contribution in [0.1, 0.15) is 12.5 Å². The first-order valence-electron chi connectivity index (χ1n) is 4.85.